The minimum absolute atomic E-state index is 0.124. The van der Waals surface area contributed by atoms with Gasteiger partial charge >= 0.3 is 0 Å². The summed E-state index contributed by atoms with van der Waals surface area (Å²) in [5.41, 5.74) is 3.27. The zero-order valence-electron chi connectivity index (χ0n) is 19.3. The van der Waals surface area contributed by atoms with Crippen LogP contribution in [0.15, 0.2) is 82.6 Å². The molecule has 0 radical (unpaired) electrons. The van der Waals surface area contributed by atoms with Crippen molar-refractivity contribution in [3.8, 4) is 5.75 Å². The number of amides is 2. The lowest BCUT2D eigenvalue weighted by Gasteiger charge is -2.18. The fourth-order valence-electron chi connectivity index (χ4n) is 3.54. The Hall–Kier alpha value is -3.51. The first-order valence-corrected chi connectivity index (χ1v) is 12.3. The van der Waals surface area contributed by atoms with Crippen LogP contribution in [-0.2, 0) is 4.79 Å². The van der Waals surface area contributed by atoms with Crippen molar-refractivity contribution in [3.63, 3.8) is 0 Å². The third-order valence-corrected chi connectivity index (χ3v) is 6.64. The Bertz CT molecular complexity index is 1190. The van der Waals surface area contributed by atoms with Crippen molar-refractivity contribution >= 4 is 35.3 Å². The minimum atomic E-state index is -0.145. The van der Waals surface area contributed by atoms with E-state index >= 15 is 0 Å². The summed E-state index contributed by atoms with van der Waals surface area (Å²) in [5.74, 6) is 0.573. The molecule has 4 rings (SSSR count). The third kappa shape index (κ3) is 5.88. The van der Waals surface area contributed by atoms with Gasteiger partial charge in [-0.15, -0.1) is 0 Å². The molecule has 1 atom stereocenters. The van der Waals surface area contributed by atoms with Crippen LogP contribution >= 0.6 is 11.8 Å². The van der Waals surface area contributed by atoms with Crippen molar-refractivity contribution in [2.75, 3.05) is 11.9 Å². The van der Waals surface area contributed by atoms with Crippen molar-refractivity contribution in [2.24, 2.45) is 0 Å². The first kappa shape index (κ1) is 23.6. The lowest BCUT2D eigenvalue weighted by molar-refractivity contribution is -0.112. The quantitative estimate of drug-likeness (QED) is 0.292. The van der Waals surface area contributed by atoms with Crippen molar-refractivity contribution < 1.29 is 14.3 Å². The lowest BCUT2D eigenvalue weighted by atomic mass is 10.1. The first-order valence-electron chi connectivity index (χ1n) is 11.5. The molecule has 34 heavy (non-hydrogen) atoms. The Morgan fingerprint density at radius 1 is 1.06 bits per heavy atom. The molecule has 0 fully saturated rings. The first-order chi connectivity index (χ1) is 16.5. The van der Waals surface area contributed by atoms with Crippen LogP contribution in [0.2, 0.25) is 0 Å². The Morgan fingerprint density at radius 2 is 1.79 bits per heavy atom. The molecule has 1 aliphatic rings. The number of carbonyl (C=O) groups is 2. The van der Waals surface area contributed by atoms with Crippen LogP contribution < -0.4 is 15.4 Å². The van der Waals surface area contributed by atoms with Gasteiger partial charge in [0.15, 0.2) is 0 Å². The molecule has 0 spiro atoms. The van der Waals surface area contributed by atoms with Crippen molar-refractivity contribution in [3.05, 3.63) is 94.4 Å². The second-order valence-corrected chi connectivity index (χ2v) is 9.23. The number of ether oxygens (including phenoxy) is 1. The number of anilines is 1. The summed E-state index contributed by atoms with van der Waals surface area (Å²) in [6, 6.07) is 22.7. The molecule has 1 aliphatic heterocycles. The molecule has 0 saturated carbocycles. The molecule has 3 aromatic carbocycles. The van der Waals surface area contributed by atoms with Crippen LogP contribution in [0.1, 0.15) is 54.2 Å². The van der Waals surface area contributed by atoms with E-state index < -0.39 is 0 Å². The van der Waals surface area contributed by atoms with Crippen molar-refractivity contribution in [1.29, 1.82) is 0 Å². The maximum atomic E-state index is 12.7. The van der Waals surface area contributed by atoms with E-state index in [1.54, 1.807) is 12.1 Å². The molecule has 0 bridgehead atoms. The van der Waals surface area contributed by atoms with Crippen LogP contribution in [0.3, 0.4) is 0 Å². The van der Waals surface area contributed by atoms with Gasteiger partial charge in [-0.1, -0.05) is 61.5 Å². The number of fused-ring (bicyclic) bond motifs is 1. The monoisotopic (exact) mass is 472 g/mol. The Kier molecular flexibility index (Phi) is 7.70. The number of benzene rings is 3. The number of rotatable bonds is 8. The molecule has 6 heteroatoms. The second-order valence-electron chi connectivity index (χ2n) is 8.15. The van der Waals surface area contributed by atoms with Crippen LogP contribution in [-0.4, -0.2) is 18.4 Å². The van der Waals surface area contributed by atoms with Gasteiger partial charge in [0.25, 0.3) is 11.8 Å². The number of thioether (sulfide) groups is 1. The van der Waals surface area contributed by atoms with E-state index in [9.17, 15) is 9.59 Å². The van der Waals surface area contributed by atoms with Gasteiger partial charge in [-0.05, 0) is 66.9 Å². The van der Waals surface area contributed by atoms with Gasteiger partial charge in [0.05, 0.1) is 23.2 Å². The average molecular weight is 473 g/mol. The Morgan fingerprint density at radius 3 is 2.53 bits per heavy atom. The molecule has 5 nitrogen and oxygen atoms in total. The number of unbranched alkanes of at least 4 members (excludes halogenated alkanes) is 1. The number of hydrogen-bond acceptors (Lipinski definition) is 4. The number of carbonyl (C=O) groups excluding carboxylic acids is 2. The van der Waals surface area contributed by atoms with Gasteiger partial charge in [-0.2, -0.15) is 0 Å². The van der Waals surface area contributed by atoms with Crippen LogP contribution in [0.5, 0.6) is 5.75 Å². The highest BCUT2D eigenvalue weighted by Gasteiger charge is 2.20. The number of hydrogen-bond donors (Lipinski definition) is 2. The van der Waals surface area contributed by atoms with Crippen LogP contribution in [0, 0.1) is 0 Å². The SMILES string of the molecule is CCCCOc1ccc(C(C)NC(=O)c2ccc(/C=C3/Sc4ccccc4NC3=O)cc2)cc1. The Labute approximate surface area is 204 Å². The fourth-order valence-corrected chi connectivity index (χ4v) is 4.49. The summed E-state index contributed by atoms with van der Waals surface area (Å²) in [5, 5.41) is 5.95. The van der Waals surface area contributed by atoms with E-state index in [-0.39, 0.29) is 17.9 Å². The van der Waals surface area contributed by atoms with E-state index in [2.05, 4.69) is 17.6 Å². The molecule has 2 N–H and O–H groups in total. The van der Waals surface area contributed by atoms with Crippen LogP contribution in [0.4, 0.5) is 5.69 Å². The number of nitrogens with one attached hydrogen (secondary N) is 2. The van der Waals surface area contributed by atoms with Gasteiger partial charge in [0.1, 0.15) is 5.75 Å². The van der Waals surface area contributed by atoms with Gasteiger partial charge in [-0.25, -0.2) is 0 Å². The maximum absolute atomic E-state index is 12.7. The van der Waals surface area contributed by atoms with Gasteiger partial charge in [0.2, 0.25) is 0 Å². The molecule has 0 saturated heterocycles. The molecule has 1 heterocycles. The highest BCUT2D eigenvalue weighted by molar-refractivity contribution is 8.04. The summed E-state index contributed by atoms with van der Waals surface area (Å²) in [4.78, 5) is 26.8. The van der Waals surface area contributed by atoms with Gasteiger partial charge < -0.3 is 15.4 Å². The van der Waals surface area contributed by atoms with Crippen LogP contribution in [0.25, 0.3) is 6.08 Å². The molecular formula is C28H28N2O3S. The van der Waals surface area contributed by atoms with E-state index in [0.717, 1.165) is 40.3 Å². The molecule has 1 unspecified atom stereocenters. The molecular weight excluding hydrogens is 444 g/mol. The topological polar surface area (TPSA) is 67.4 Å². The minimum Gasteiger partial charge on any atom is -0.494 e. The summed E-state index contributed by atoms with van der Waals surface area (Å²) in [7, 11) is 0. The molecule has 0 aromatic heterocycles. The third-order valence-electron chi connectivity index (χ3n) is 5.54. The summed E-state index contributed by atoms with van der Waals surface area (Å²) in [6.45, 7) is 4.81. The fraction of sp³-hybridized carbons (Fsp3) is 0.214. The average Bonchev–Trinajstić information content (AvgIpc) is 2.85. The van der Waals surface area contributed by atoms with Crippen molar-refractivity contribution in [2.45, 2.75) is 37.6 Å². The zero-order valence-corrected chi connectivity index (χ0v) is 20.2. The highest BCUT2D eigenvalue weighted by Crippen LogP contribution is 2.38. The maximum Gasteiger partial charge on any atom is 0.262 e. The normalized spacial score (nSPS) is 14.8. The lowest BCUT2D eigenvalue weighted by Crippen LogP contribution is -2.26. The summed E-state index contributed by atoms with van der Waals surface area (Å²) in [6.07, 6.45) is 3.97. The smallest absolute Gasteiger partial charge is 0.262 e. The zero-order chi connectivity index (χ0) is 23.9. The summed E-state index contributed by atoms with van der Waals surface area (Å²) < 4.78 is 5.70. The van der Waals surface area contributed by atoms with Crippen molar-refractivity contribution in [1.82, 2.24) is 5.32 Å². The van der Waals surface area contributed by atoms with E-state index in [1.807, 2.05) is 73.7 Å². The van der Waals surface area contributed by atoms with E-state index in [4.69, 9.17) is 4.74 Å². The Balaban J connectivity index is 1.37. The highest BCUT2D eigenvalue weighted by atomic mass is 32.2. The number of para-hydroxylation sites is 1. The van der Waals surface area contributed by atoms with E-state index in [1.165, 1.54) is 11.8 Å². The summed E-state index contributed by atoms with van der Waals surface area (Å²) >= 11 is 1.44. The standard InChI is InChI=1S/C28H28N2O3S/c1-3-4-17-33-23-15-13-21(14-16-23)19(2)29-27(31)22-11-9-20(10-12-22)18-26-28(32)30-24-7-5-6-8-25(24)34-26/h5-16,18-19H,3-4,17H2,1-2H3,(H,29,31)(H,30,32)/b26-18+. The largest absolute Gasteiger partial charge is 0.494 e. The second kappa shape index (κ2) is 11.1. The predicted molar refractivity (Wildman–Crippen MR) is 138 cm³/mol. The molecule has 174 valence electrons. The molecule has 3 aromatic rings. The van der Waals surface area contributed by atoms with E-state index in [0.29, 0.717) is 17.1 Å². The van der Waals surface area contributed by atoms with Gasteiger partial charge in [-0.3, -0.25) is 9.59 Å². The predicted octanol–water partition coefficient (Wildman–Crippen LogP) is 6.44. The van der Waals surface area contributed by atoms with Gasteiger partial charge in [0, 0.05) is 10.5 Å². The molecule has 2 amide bonds. The molecule has 0 aliphatic carbocycles.